The molecule has 5 heteroatoms. The van der Waals surface area contributed by atoms with Crippen molar-refractivity contribution in [1.82, 2.24) is 9.97 Å². The van der Waals surface area contributed by atoms with Gasteiger partial charge in [-0.3, -0.25) is 14.8 Å². The van der Waals surface area contributed by atoms with Crippen LogP contribution in [0, 0.1) is 13.8 Å². The molecule has 0 fully saturated rings. The van der Waals surface area contributed by atoms with E-state index in [1.165, 1.54) is 0 Å². The number of carbonyl (C=O) groups excluding carboxylic acids is 1. The van der Waals surface area contributed by atoms with Crippen molar-refractivity contribution >= 4 is 17.3 Å². The van der Waals surface area contributed by atoms with E-state index < -0.39 is 0 Å². The van der Waals surface area contributed by atoms with Gasteiger partial charge in [0.2, 0.25) is 0 Å². The fourth-order valence-electron chi connectivity index (χ4n) is 1.89. The average molecular weight is 284 g/mol. The summed E-state index contributed by atoms with van der Waals surface area (Å²) in [6.07, 6.45) is 4.24. The van der Waals surface area contributed by atoms with Crippen molar-refractivity contribution in [3.8, 4) is 0 Å². The minimum absolute atomic E-state index is 0.188. The van der Waals surface area contributed by atoms with Crippen LogP contribution >= 0.6 is 0 Å². The molecule has 0 unspecified atom stereocenters. The molecule has 5 nitrogen and oxygen atoms in total. The van der Waals surface area contributed by atoms with Gasteiger partial charge in [-0.25, -0.2) is 0 Å². The van der Waals surface area contributed by atoms with Crippen LogP contribution in [0.3, 0.4) is 0 Å². The number of aromatic nitrogens is 2. The third kappa shape index (κ3) is 4.02. The van der Waals surface area contributed by atoms with E-state index in [-0.39, 0.29) is 5.91 Å². The summed E-state index contributed by atoms with van der Waals surface area (Å²) in [5, 5.41) is 6.10. The third-order valence-electron chi connectivity index (χ3n) is 3.02. The first kappa shape index (κ1) is 15.0. The first-order valence-electron chi connectivity index (χ1n) is 7.04. The van der Waals surface area contributed by atoms with E-state index in [9.17, 15) is 4.79 Å². The largest absolute Gasteiger partial charge is 0.384 e. The monoisotopic (exact) mass is 284 g/mol. The van der Waals surface area contributed by atoms with Gasteiger partial charge in [0, 0.05) is 24.1 Å². The van der Waals surface area contributed by atoms with Crippen molar-refractivity contribution in [3.63, 3.8) is 0 Å². The molecule has 0 bridgehead atoms. The average Bonchev–Trinajstić information content (AvgIpc) is 2.47. The van der Waals surface area contributed by atoms with Crippen molar-refractivity contribution < 1.29 is 4.79 Å². The predicted octanol–water partition coefficient (Wildman–Crippen LogP) is 3.17. The van der Waals surface area contributed by atoms with Crippen LogP contribution in [0.1, 0.15) is 35.1 Å². The second-order valence-electron chi connectivity index (χ2n) is 4.94. The van der Waals surface area contributed by atoms with E-state index in [0.29, 0.717) is 11.3 Å². The van der Waals surface area contributed by atoms with E-state index >= 15 is 0 Å². The molecule has 2 aromatic heterocycles. The Hall–Kier alpha value is -2.43. The topological polar surface area (TPSA) is 66.9 Å². The number of hydrogen-bond donors (Lipinski definition) is 2. The van der Waals surface area contributed by atoms with Crippen LogP contribution in [0.4, 0.5) is 11.4 Å². The lowest BCUT2D eigenvalue weighted by atomic mass is 10.2. The van der Waals surface area contributed by atoms with Crippen molar-refractivity contribution in [1.29, 1.82) is 0 Å². The van der Waals surface area contributed by atoms with Gasteiger partial charge in [-0.05, 0) is 38.5 Å². The first-order valence-corrected chi connectivity index (χ1v) is 7.04. The highest BCUT2D eigenvalue weighted by Gasteiger charge is 2.12. The molecule has 21 heavy (non-hydrogen) atoms. The van der Waals surface area contributed by atoms with Gasteiger partial charge >= 0.3 is 0 Å². The van der Waals surface area contributed by atoms with Crippen molar-refractivity contribution in [2.45, 2.75) is 27.2 Å². The number of pyridine rings is 2. The van der Waals surface area contributed by atoms with Crippen LogP contribution in [0.2, 0.25) is 0 Å². The third-order valence-corrected chi connectivity index (χ3v) is 3.02. The maximum atomic E-state index is 12.4. The highest BCUT2D eigenvalue weighted by molar-refractivity contribution is 6.07. The normalized spacial score (nSPS) is 10.2. The summed E-state index contributed by atoms with van der Waals surface area (Å²) in [5.74, 6) is -0.188. The van der Waals surface area contributed by atoms with Crippen LogP contribution in [0.25, 0.3) is 0 Å². The number of amides is 1. The number of aryl methyl sites for hydroxylation is 2. The molecule has 110 valence electrons. The highest BCUT2D eigenvalue weighted by Crippen LogP contribution is 2.18. The minimum Gasteiger partial charge on any atom is -0.384 e. The summed E-state index contributed by atoms with van der Waals surface area (Å²) in [4.78, 5) is 20.7. The molecule has 2 heterocycles. The lowest BCUT2D eigenvalue weighted by Crippen LogP contribution is -2.16. The van der Waals surface area contributed by atoms with Gasteiger partial charge in [0.15, 0.2) is 0 Å². The summed E-state index contributed by atoms with van der Waals surface area (Å²) >= 11 is 0. The summed E-state index contributed by atoms with van der Waals surface area (Å²) in [7, 11) is 0. The van der Waals surface area contributed by atoms with Crippen LogP contribution in [-0.4, -0.2) is 22.4 Å². The predicted molar refractivity (Wildman–Crippen MR) is 84.7 cm³/mol. The standard InChI is InChI=1S/C16H20N4O/c1-4-7-17-15-8-12(3)19-10-14(15)16(21)20-13-6-5-11(2)18-9-13/h5-6,8-10H,4,7H2,1-3H3,(H,17,19)(H,20,21). The summed E-state index contributed by atoms with van der Waals surface area (Å²) in [5.41, 5.74) is 3.81. The summed E-state index contributed by atoms with van der Waals surface area (Å²) < 4.78 is 0. The fraction of sp³-hybridized carbons (Fsp3) is 0.312. The Kier molecular flexibility index (Phi) is 4.87. The van der Waals surface area contributed by atoms with Crippen LogP contribution in [-0.2, 0) is 0 Å². The molecular formula is C16H20N4O. The maximum absolute atomic E-state index is 12.4. The molecule has 0 aliphatic heterocycles. The molecule has 0 atom stereocenters. The molecule has 0 aromatic carbocycles. The zero-order chi connectivity index (χ0) is 15.2. The van der Waals surface area contributed by atoms with E-state index in [1.807, 2.05) is 32.0 Å². The maximum Gasteiger partial charge on any atom is 0.259 e. The summed E-state index contributed by atoms with van der Waals surface area (Å²) in [6.45, 7) is 6.71. The smallest absolute Gasteiger partial charge is 0.259 e. The Balaban J connectivity index is 2.19. The van der Waals surface area contributed by atoms with E-state index in [4.69, 9.17) is 0 Å². The van der Waals surface area contributed by atoms with Crippen LogP contribution in [0.15, 0.2) is 30.6 Å². The van der Waals surface area contributed by atoms with Gasteiger partial charge in [-0.2, -0.15) is 0 Å². The van der Waals surface area contributed by atoms with Gasteiger partial charge in [-0.1, -0.05) is 6.92 Å². The molecule has 0 aliphatic carbocycles. The van der Waals surface area contributed by atoms with E-state index in [2.05, 4.69) is 27.5 Å². The molecule has 0 aliphatic rings. The minimum atomic E-state index is -0.188. The van der Waals surface area contributed by atoms with Gasteiger partial charge in [-0.15, -0.1) is 0 Å². The second-order valence-corrected chi connectivity index (χ2v) is 4.94. The van der Waals surface area contributed by atoms with Crippen LogP contribution in [0.5, 0.6) is 0 Å². The lowest BCUT2D eigenvalue weighted by Gasteiger charge is -2.12. The Bertz CT molecular complexity index is 623. The van der Waals surface area contributed by atoms with Gasteiger partial charge in [0.05, 0.1) is 23.1 Å². The SMILES string of the molecule is CCCNc1cc(C)ncc1C(=O)Nc1ccc(C)nc1. The second kappa shape index (κ2) is 6.83. The summed E-state index contributed by atoms with van der Waals surface area (Å²) in [6, 6.07) is 5.58. The Morgan fingerprint density at radius 2 is 1.90 bits per heavy atom. The van der Waals surface area contributed by atoms with Crippen molar-refractivity contribution in [2.75, 3.05) is 17.2 Å². The number of anilines is 2. The van der Waals surface area contributed by atoms with Crippen LogP contribution < -0.4 is 10.6 Å². The molecule has 0 saturated heterocycles. The number of hydrogen-bond acceptors (Lipinski definition) is 4. The lowest BCUT2D eigenvalue weighted by molar-refractivity contribution is 0.102. The zero-order valence-corrected chi connectivity index (χ0v) is 12.6. The molecule has 0 spiro atoms. The van der Waals surface area contributed by atoms with Gasteiger partial charge in [0.1, 0.15) is 0 Å². The molecule has 0 saturated carbocycles. The Morgan fingerprint density at radius 3 is 2.57 bits per heavy atom. The van der Waals surface area contributed by atoms with Crippen molar-refractivity contribution in [3.05, 3.63) is 47.5 Å². The number of nitrogens with zero attached hydrogens (tertiary/aromatic N) is 2. The Morgan fingerprint density at radius 1 is 1.14 bits per heavy atom. The molecule has 2 aromatic rings. The molecule has 2 N–H and O–H groups in total. The molecule has 0 radical (unpaired) electrons. The first-order chi connectivity index (χ1) is 10.1. The zero-order valence-electron chi connectivity index (χ0n) is 12.6. The van der Waals surface area contributed by atoms with Gasteiger partial charge in [0.25, 0.3) is 5.91 Å². The highest BCUT2D eigenvalue weighted by atomic mass is 16.1. The van der Waals surface area contributed by atoms with E-state index in [1.54, 1.807) is 12.4 Å². The van der Waals surface area contributed by atoms with Gasteiger partial charge < -0.3 is 10.6 Å². The Labute approximate surface area is 124 Å². The number of rotatable bonds is 5. The number of nitrogens with one attached hydrogen (secondary N) is 2. The molecule has 1 amide bonds. The number of carbonyl (C=O) groups is 1. The van der Waals surface area contributed by atoms with E-state index in [0.717, 1.165) is 30.0 Å². The molecular weight excluding hydrogens is 264 g/mol. The molecule has 2 rings (SSSR count). The fourth-order valence-corrected chi connectivity index (χ4v) is 1.89. The van der Waals surface area contributed by atoms with Crippen molar-refractivity contribution in [2.24, 2.45) is 0 Å². The quantitative estimate of drug-likeness (QED) is 0.885.